The lowest BCUT2D eigenvalue weighted by Crippen LogP contribution is -2.08. The van der Waals surface area contributed by atoms with Crippen molar-refractivity contribution in [3.8, 4) is 5.75 Å². The molecule has 0 saturated heterocycles. The van der Waals surface area contributed by atoms with E-state index in [1.807, 2.05) is 6.07 Å². The molecule has 1 aromatic carbocycles. The SMILES string of the molecule is Cc1ccccc1OC(=O)N=NC(=O)OC(C)C.O=C(O)N=NC(=O)O. The van der Waals surface area contributed by atoms with Gasteiger partial charge in [0.05, 0.1) is 6.10 Å². The molecule has 140 valence electrons. The summed E-state index contributed by atoms with van der Waals surface area (Å²) in [7, 11) is 0. The van der Waals surface area contributed by atoms with Crippen LogP contribution in [0.5, 0.6) is 5.75 Å². The number of aryl methyl sites for hydroxylation is 1. The van der Waals surface area contributed by atoms with E-state index >= 15 is 0 Å². The number of hydrogen-bond donors (Lipinski definition) is 2. The van der Waals surface area contributed by atoms with Crippen molar-refractivity contribution >= 4 is 24.4 Å². The molecule has 0 aliphatic heterocycles. The predicted octanol–water partition coefficient (Wildman–Crippen LogP) is 4.29. The Balaban J connectivity index is 0.000000660. The molecule has 0 aliphatic rings. The molecule has 0 aliphatic carbocycles. The molecular weight excluding hydrogens is 352 g/mol. The van der Waals surface area contributed by atoms with E-state index in [4.69, 9.17) is 14.9 Å². The summed E-state index contributed by atoms with van der Waals surface area (Å²) in [5.41, 5.74) is 0.783. The minimum atomic E-state index is -1.62. The summed E-state index contributed by atoms with van der Waals surface area (Å²) in [6.45, 7) is 5.12. The number of azo groups is 2. The van der Waals surface area contributed by atoms with Crippen LogP contribution in [0, 0.1) is 6.92 Å². The molecule has 0 atom stereocenters. The zero-order valence-electron chi connectivity index (χ0n) is 14.0. The molecule has 0 saturated carbocycles. The zero-order valence-corrected chi connectivity index (χ0v) is 14.0. The first-order valence-electron chi connectivity index (χ1n) is 6.89. The summed E-state index contributed by atoms with van der Waals surface area (Å²) in [5, 5.41) is 26.0. The van der Waals surface area contributed by atoms with Crippen molar-refractivity contribution in [3.63, 3.8) is 0 Å². The van der Waals surface area contributed by atoms with Crippen LogP contribution in [0.25, 0.3) is 0 Å². The van der Waals surface area contributed by atoms with Gasteiger partial charge in [0.1, 0.15) is 5.75 Å². The van der Waals surface area contributed by atoms with Crippen LogP contribution in [-0.2, 0) is 4.74 Å². The van der Waals surface area contributed by atoms with E-state index in [9.17, 15) is 19.2 Å². The smallest absolute Gasteiger partial charge is 0.458 e. The fourth-order valence-corrected chi connectivity index (χ4v) is 1.18. The van der Waals surface area contributed by atoms with Gasteiger partial charge in [-0.2, -0.15) is 0 Å². The highest BCUT2D eigenvalue weighted by Crippen LogP contribution is 2.16. The highest BCUT2D eigenvalue weighted by molar-refractivity contribution is 5.75. The lowest BCUT2D eigenvalue weighted by molar-refractivity contribution is 0.123. The number of benzene rings is 1. The Kier molecular flexibility index (Phi) is 10.1. The van der Waals surface area contributed by atoms with Crippen molar-refractivity contribution in [1.82, 2.24) is 0 Å². The first kappa shape index (κ1) is 22.3. The van der Waals surface area contributed by atoms with Crippen LogP contribution in [-0.4, -0.2) is 40.7 Å². The van der Waals surface area contributed by atoms with Gasteiger partial charge < -0.3 is 19.7 Å². The van der Waals surface area contributed by atoms with Gasteiger partial charge in [0, 0.05) is 0 Å². The molecule has 12 nitrogen and oxygen atoms in total. The van der Waals surface area contributed by atoms with E-state index in [0.717, 1.165) is 5.56 Å². The second-order valence-corrected chi connectivity index (χ2v) is 4.53. The number of nitrogens with zero attached hydrogens (tertiary/aromatic N) is 4. The minimum Gasteiger partial charge on any atom is -0.462 e. The molecule has 0 spiro atoms. The number of carbonyl (C=O) groups excluding carboxylic acids is 2. The number of ether oxygens (including phenoxy) is 2. The summed E-state index contributed by atoms with van der Waals surface area (Å²) in [6.07, 6.45) is -5.44. The Bertz CT molecular complexity index is 699. The predicted molar refractivity (Wildman–Crippen MR) is 84.6 cm³/mol. The number of rotatable bonds is 2. The minimum absolute atomic E-state index is 0.316. The van der Waals surface area contributed by atoms with Gasteiger partial charge in [-0.05, 0) is 32.4 Å². The Morgan fingerprint density at radius 3 is 1.85 bits per heavy atom. The highest BCUT2D eigenvalue weighted by Gasteiger charge is 2.08. The molecule has 0 fully saturated rings. The second-order valence-electron chi connectivity index (χ2n) is 4.53. The third kappa shape index (κ3) is 11.8. The maximum absolute atomic E-state index is 11.3. The van der Waals surface area contributed by atoms with Crippen molar-refractivity contribution in [2.75, 3.05) is 0 Å². The normalized spacial score (nSPS) is 10.3. The molecule has 0 unspecified atom stereocenters. The Morgan fingerprint density at radius 1 is 0.885 bits per heavy atom. The zero-order chi connectivity index (χ0) is 20.1. The summed E-state index contributed by atoms with van der Waals surface area (Å²) in [5.74, 6) is 0.374. The quantitative estimate of drug-likeness (QED) is 0.726. The molecule has 0 bridgehead atoms. The van der Waals surface area contributed by atoms with Crippen molar-refractivity contribution in [2.45, 2.75) is 26.9 Å². The first-order valence-corrected chi connectivity index (χ1v) is 6.89. The third-order valence-corrected chi connectivity index (χ3v) is 2.06. The molecule has 0 aromatic heterocycles. The van der Waals surface area contributed by atoms with Crippen LogP contribution in [0.2, 0.25) is 0 Å². The van der Waals surface area contributed by atoms with Gasteiger partial charge in [0.15, 0.2) is 0 Å². The van der Waals surface area contributed by atoms with Crippen LogP contribution in [0.3, 0.4) is 0 Å². The van der Waals surface area contributed by atoms with E-state index in [1.54, 1.807) is 39.0 Å². The molecule has 2 N–H and O–H groups in total. The van der Waals surface area contributed by atoms with Crippen LogP contribution in [0.4, 0.5) is 19.2 Å². The molecule has 12 heteroatoms. The lowest BCUT2D eigenvalue weighted by Gasteiger charge is -2.03. The van der Waals surface area contributed by atoms with E-state index in [2.05, 4.69) is 25.2 Å². The van der Waals surface area contributed by atoms with Gasteiger partial charge in [-0.25, -0.2) is 19.2 Å². The first-order chi connectivity index (χ1) is 12.1. The maximum atomic E-state index is 11.3. The number of carbonyl (C=O) groups is 4. The fourth-order valence-electron chi connectivity index (χ4n) is 1.18. The average molecular weight is 368 g/mol. The van der Waals surface area contributed by atoms with Crippen molar-refractivity contribution in [2.24, 2.45) is 20.5 Å². The van der Waals surface area contributed by atoms with E-state index in [-0.39, 0.29) is 6.10 Å². The van der Waals surface area contributed by atoms with Gasteiger partial charge in [-0.15, -0.1) is 0 Å². The number of carboxylic acid groups (broad SMARTS) is 2. The number of amides is 4. The van der Waals surface area contributed by atoms with Gasteiger partial charge in [0.25, 0.3) is 0 Å². The molecule has 26 heavy (non-hydrogen) atoms. The lowest BCUT2D eigenvalue weighted by atomic mass is 10.2. The topological polar surface area (TPSA) is 177 Å². The summed E-state index contributed by atoms with van der Waals surface area (Å²) in [6, 6.07) is 6.94. The van der Waals surface area contributed by atoms with Crippen LogP contribution < -0.4 is 4.74 Å². The van der Waals surface area contributed by atoms with Crippen molar-refractivity contribution in [3.05, 3.63) is 29.8 Å². The van der Waals surface area contributed by atoms with Crippen LogP contribution in [0.15, 0.2) is 44.7 Å². The Hall–Kier alpha value is -3.70. The van der Waals surface area contributed by atoms with E-state index in [0.29, 0.717) is 5.75 Å². The highest BCUT2D eigenvalue weighted by atomic mass is 16.6. The average Bonchev–Trinajstić information content (AvgIpc) is 2.53. The van der Waals surface area contributed by atoms with E-state index < -0.39 is 24.4 Å². The molecular formula is C14H16N4O8. The van der Waals surface area contributed by atoms with Gasteiger partial charge >= 0.3 is 24.4 Å². The second kappa shape index (κ2) is 11.8. The van der Waals surface area contributed by atoms with Crippen molar-refractivity contribution in [1.29, 1.82) is 0 Å². The summed E-state index contributed by atoms with van der Waals surface area (Å²) in [4.78, 5) is 41.0. The standard InChI is InChI=1S/C12H14N2O4.C2H2N2O4/c1-8(2)17-11(15)13-14-12(16)18-10-7-5-4-6-9(10)3;5-1(6)3-4-2(7)8/h4-8H,1-3H3;(H,5,6)(H,7,8). The maximum Gasteiger partial charge on any atom is 0.458 e. The van der Waals surface area contributed by atoms with Gasteiger partial charge in [-0.3, -0.25) is 0 Å². The molecule has 1 rings (SSSR count). The molecule has 4 amide bonds. The van der Waals surface area contributed by atoms with Crippen molar-refractivity contribution < 1.29 is 38.9 Å². The Labute approximate surface area is 147 Å². The van der Waals surface area contributed by atoms with E-state index in [1.165, 1.54) is 0 Å². The molecule has 0 heterocycles. The number of hydrogen-bond acceptors (Lipinski definition) is 6. The molecule has 0 radical (unpaired) electrons. The molecule has 1 aromatic rings. The van der Waals surface area contributed by atoms with Gasteiger partial charge in [0.2, 0.25) is 0 Å². The Morgan fingerprint density at radius 2 is 1.38 bits per heavy atom. The summed E-state index contributed by atoms with van der Waals surface area (Å²) < 4.78 is 9.56. The fraction of sp³-hybridized carbons (Fsp3) is 0.286. The van der Waals surface area contributed by atoms with Gasteiger partial charge in [-0.1, -0.05) is 38.7 Å². The van der Waals surface area contributed by atoms with Crippen LogP contribution >= 0.6 is 0 Å². The third-order valence-electron chi connectivity index (χ3n) is 2.06. The monoisotopic (exact) mass is 368 g/mol. The largest absolute Gasteiger partial charge is 0.462 e. The summed E-state index contributed by atoms with van der Waals surface area (Å²) >= 11 is 0. The number of para-hydroxylation sites is 1. The van der Waals surface area contributed by atoms with Crippen LogP contribution in [0.1, 0.15) is 19.4 Å².